The van der Waals surface area contributed by atoms with Gasteiger partial charge in [-0.1, -0.05) is 36.4 Å². The Morgan fingerprint density at radius 2 is 1.85 bits per heavy atom. The summed E-state index contributed by atoms with van der Waals surface area (Å²) >= 11 is 0. The largest absolute Gasteiger partial charge is 0.494 e. The third kappa shape index (κ3) is 2.84. The number of fused-ring (bicyclic) bond motifs is 3. The van der Waals surface area contributed by atoms with Gasteiger partial charge in [-0.25, -0.2) is 4.98 Å². The molecule has 0 aliphatic rings. The van der Waals surface area contributed by atoms with Crippen molar-refractivity contribution in [3.63, 3.8) is 0 Å². The zero-order valence-electron chi connectivity index (χ0n) is 14.8. The first kappa shape index (κ1) is 16.4. The Bertz CT molecular complexity index is 1090. The maximum Gasteiger partial charge on any atom is 0.222 e. The summed E-state index contributed by atoms with van der Waals surface area (Å²) < 4.78 is 12.3. The standard InChI is InChI=1S/C20H20N4O2/c1-25-12-14-6-3-5-13(9-14)10-15-11-17-16-7-4-8-18(26-2)19(16)22-20(21)24(17)23-15/h3-9,11H,10,12H2,1-2H3,(H2,21,22). The van der Waals surface area contributed by atoms with E-state index in [1.807, 2.05) is 24.3 Å². The number of para-hydroxylation sites is 1. The molecule has 0 saturated heterocycles. The molecule has 6 heteroatoms. The molecule has 6 nitrogen and oxygen atoms in total. The minimum absolute atomic E-state index is 0.344. The van der Waals surface area contributed by atoms with E-state index < -0.39 is 0 Å². The van der Waals surface area contributed by atoms with Gasteiger partial charge < -0.3 is 15.2 Å². The molecular weight excluding hydrogens is 328 g/mol. The molecule has 0 aliphatic carbocycles. The van der Waals surface area contributed by atoms with Crippen molar-refractivity contribution < 1.29 is 9.47 Å². The van der Waals surface area contributed by atoms with Crippen molar-refractivity contribution in [1.82, 2.24) is 14.6 Å². The van der Waals surface area contributed by atoms with Crippen LogP contribution in [0.15, 0.2) is 48.5 Å². The van der Waals surface area contributed by atoms with Crippen molar-refractivity contribution in [1.29, 1.82) is 0 Å². The average Bonchev–Trinajstić information content (AvgIpc) is 3.07. The summed E-state index contributed by atoms with van der Waals surface area (Å²) in [6.45, 7) is 0.598. The number of methoxy groups -OCH3 is 2. The Balaban J connectivity index is 1.79. The summed E-state index contributed by atoms with van der Waals surface area (Å²) in [5.74, 6) is 1.04. The van der Waals surface area contributed by atoms with Crippen molar-refractivity contribution >= 4 is 22.4 Å². The molecule has 26 heavy (non-hydrogen) atoms. The summed E-state index contributed by atoms with van der Waals surface area (Å²) in [6.07, 6.45) is 0.712. The molecule has 2 aromatic heterocycles. The van der Waals surface area contributed by atoms with Gasteiger partial charge in [0.25, 0.3) is 0 Å². The van der Waals surface area contributed by atoms with Gasteiger partial charge in [-0.05, 0) is 23.3 Å². The number of ether oxygens (including phenoxy) is 2. The van der Waals surface area contributed by atoms with Crippen molar-refractivity contribution in [2.75, 3.05) is 20.0 Å². The van der Waals surface area contributed by atoms with Crippen molar-refractivity contribution in [2.24, 2.45) is 0 Å². The Morgan fingerprint density at radius 3 is 2.65 bits per heavy atom. The Hall–Kier alpha value is -3.12. The van der Waals surface area contributed by atoms with Crippen molar-refractivity contribution in [3.8, 4) is 5.75 Å². The molecule has 0 saturated carbocycles. The normalized spacial score (nSPS) is 11.3. The molecule has 2 N–H and O–H groups in total. The van der Waals surface area contributed by atoms with E-state index in [0.29, 0.717) is 24.7 Å². The number of aromatic nitrogens is 3. The summed E-state index contributed by atoms with van der Waals surface area (Å²) in [5, 5.41) is 5.61. The molecule has 0 aliphatic heterocycles. The van der Waals surface area contributed by atoms with E-state index in [1.54, 1.807) is 18.7 Å². The van der Waals surface area contributed by atoms with Crippen LogP contribution in [-0.4, -0.2) is 28.8 Å². The van der Waals surface area contributed by atoms with Gasteiger partial charge in [0, 0.05) is 18.9 Å². The number of nitrogen functional groups attached to an aromatic ring is 1. The lowest BCUT2D eigenvalue weighted by atomic mass is 10.1. The van der Waals surface area contributed by atoms with Gasteiger partial charge in [-0.3, -0.25) is 0 Å². The second-order valence-corrected chi connectivity index (χ2v) is 6.19. The van der Waals surface area contributed by atoms with E-state index >= 15 is 0 Å². The highest BCUT2D eigenvalue weighted by Gasteiger charge is 2.13. The summed E-state index contributed by atoms with van der Waals surface area (Å²) in [7, 11) is 3.33. The number of rotatable bonds is 5. The highest BCUT2D eigenvalue weighted by atomic mass is 16.5. The molecule has 0 atom stereocenters. The van der Waals surface area contributed by atoms with Gasteiger partial charge in [0.05, 0.1) is 24.9 Å². The van der Waals surface area contributed by atoms with E-state index in [-0.39, 0.29) is 0 Å². The second kappa shape index (κ2) is 6.65. The molecule has 0 unspecified atom stereocenters. The minimum atomic E-state index is 0.344. The SMILES string of the molecule is COCc1cccc(Cc2cc3c4cccc(OC)c4nc(N)n3n2)c1. The number of nitrogens with two attached hydrogens (primary N) is 1. The Kier molecular flexibility index (Phi) is 4.18. The van der Waals surface area contributed by atoms with E-state index in [0.717, 1.165) is 27.7 Å². The van der Waals surface area contributed by atoms with Gasteiger partial charge in [-0.15, -0.1) is 0 Å². The highest BCUT2D eigenvalue weighted by Crippen LogP contribution is 2.29. The molecule has 4 rings (SSSR count). The third-order valence-electron chi connectivity index (χ3n) is 4.39. The minimum Gasteiger partial charge on any atom is -0.494 e. The fraction of sp³-hybridized carbons (Fsp3) is 0.200. The van der Waals surface area contributed by atoms with Gasteiger partial charge in [0.2, 0.25) is 5.95 Å². The number of benzene rings is 2. The Labute approximate surface area is 151 Å². The van der Waals surface area contributed by atoms with E-state index in [4.69, 9.17) is 15.2 Å². The van der Waals surface area contributed by atoms with Crippen molar-refractivity contribution in [3.05, 3.63) is 65.4 Å². The van der Waals surface area contributed by atoms with Crippen LogP contribution in [0.25, 0.3) is 16.4 Å². The molecule has 0 fully saturated rings. The molecule has 132 valence electrons. The maximum atomic E-state index is 6.13. The first-order valence-electron chi connectivity index (χ1n) is 8.37. The van der Waals surface area contributed by atoms with Crippen LogP contribution in [0.3, 0.4) is 0 Å². The molecule has 0 radical (unpaired) electrons. The number of hydrogen-bond donors (Lipinski definition) is 1. The number of nitrogens with zero attached hydrogens (tertiary/aromatic N) is 3. The first-order chi connectivity index (χ1) is 12.7. The van der Waals surface area contributed by atoms with Crippen LogP contribution in [0.4, 0.5) is 5.95 Å². The smallest absolute Gasteiger partial charge is 0.222 e. The summed E-state index contributed by atoms with van der Waals surface area (Å²) in [6, 6.07) is 16.2. The number of hydrogen-bond acceptors (Lipinski definition) is 5. The van der Waals surface area contributed by atoms with Gasteiger partial charge in [0.15, 0.2) is 0 Å². The van der Waals surface area contributed by atoms with E-state index in [2.05, 4.69) is 34.3 Å². The fourth-order valence-electron chi connectivity index (χ4n) is 3.26. The summed E-state index contributed by atoms with van der Waals surface area (Å²) in [5.41, 5.74) is 11.1. The highest BCUT2D eigenvalue weighted by molar-refractivity contribution is 5.97. The van der Waals surface area contributed by atoms with Gasteiger partial charge >= 0.3 is 0 Å². The van der Waals surface area contributed by atoms with Crippen LogP contribution in [0.1, 0.15) is 16.8 Å². The molecule has 2 heterocycles. The second-order valence-electron chi connectivity index (χ2n) is 6.19. The predicted octanol–water partition coefficient (Wildman–Crippen LogP) is 3.21. The lowest BCUT2D eigenvalue weighted by Gasteiger charge is -2.07. The Morgan fingerprint density at radius 1 is 1.04 bits per heavy atom. The van der Waals surface area contributed by atoms with Crippen molar-refractivity contribution in [2.45, 2.75) is 13.0 Å². The zero-order valence-corrected chi connectivity index (χ0v) is 14.8. The molecule has 0 bridgehead atoms. The molecular formula is C20H20N4O2. The van der Waals surface area contributed by atoms with Crippen LogP contribution in [0.5, 0.6) is 5.75 Å². The average molecular weight is 348 g/mol. The van der Waals surface area contributed by atoms with Gasteiger partial charge in [-0.2, -0.15) is 9.61 Å². The van der Waals surface area contributed by atoms with Crippen LogP contribution in [-0.2, 0) is 17.8 Å². The third-order valence-corrected chi connectivity index (χ3v) is 4.39. The summed E-state index contributed by atoms with van der Waals surface area (Å²) in [4.78, 5) is 4.47. The van der Waals surface area contributed by atoms with Crippen LogP contribution >= 0.6 is 0 Å². The first-order valence-corrected chi connectivity index (χ1v) is 8.37. The maximum absolute atomic E-state index is 6.13. The molecule has 0 spiro atoms. The van der Waals surface area contributed by atoms with Crippen LogP contribution in [0, 0.1) is 0 Å². The molecule has 0 amide bonds. The monoisotopic (exact) mass is 348 g/mol. The zero-order chi connectivity index (χ0) is 18.1. The van der Waals surface area contributed by atoms with Crippen LogP contribution < -0.4 is 10.5 Å². The van der Waals surface area contributed by atoms with E-state index in [1.165, 1.54) is 5.56 Å². The topological polar surface area (TPSA) is 74.7 Å². The quantitative estimate of drug-likeness (QED) is 0.599. The lowest BCUT2D eigenvalue weighted by Crippen LogP contribution is -2.03. The molecule has 2 aromatic carbocycles. The fourth-order valence-corrected chi connectivity index (χ4v) is 3.26. The van der Waals surface area contributed by atoms with E-state index in [9.17, 15) is 0 Å². The van der Waals surface area contributed by atoms with Gasteiger partial charge in [0.1, 0.15) is 11.3 Å². The van der Waals surface area contributed by atoms with Crippen LogP contribution in [0.2, 0.25) is 0 Å². The predicted molar refractivity (Wildman–Crippen MR) is 101 cm³/mol. The molecule has 4 aromatic rings. The number of anilines is 1. The lowest BCUT2D eigenvalue weighted by molar-refractivity contribution is 0.185.